The molecule has 0 radical (unpaired) electrons. The zero-order valence-corrected chi connectivity index (χ0v) is 20.6. The number of hydrogen-bond donors (Lipinski definition) is 2. The fourth-order valence-electron chi connectivity index (χ4n) is 4.13. The fraction of sp³-hybridized carbons (Fsp3) is 0.750. The first kappa shape index (κ1) is 28.3. The van der Waals surface area contributed by atoms with E-state index in [1.807, 2.05) is 6.07 Å². The van der Waals surface area contributed by atoms with Gasteiger partial charge in [-0.3, -0.25) is 4.79 Å². The zero-order chi connectivity index (χ0) is 23.3. The molecule has 0 amide bonds. The van der Waals surface area contributed by atoms with Crippen LogP contribution in [0.1, 0.15) is 128 Å². The van der Waals surface area contributed by atoms with Crippen molar-refractivity contribution in [3.05, 3.63) is 23.8 Å². The Balaban J connectivity index is 1.95. The molecule has 0 saturated carbocycles. The lowest BCUT2D eigenvalue weighted by Crippen LogP contribution is -2.00. The molecule has 4 nitrogen and oxygen atoms in total. The van der Waals surface area contributed by atoms with Gasteiger partial charge in [-0.05, 0) is 37.3 Å². The molecule has 0 bridgehead atoms. The van der Waals surface area contributed by atoms with Crippen molar-refractivity contribution in [3.8, 4) is 11.5 Å². The van der Waals surface area contributed by atoms with Gasteiger partial charge in [-0.1, -0.05) is 103 Å². The maximum atomic E-state index is 10.4. The highest BCUT2D eigenvalue weighted by molar-refractivity contribution is 5.66. The van der Waals surface area contributed by atoms with E-state index in [4.69, 9.17) is 9.84 Å². The molecule has 0 fully saturated rings. The van der Waals surface area contributed by atoms with E-state index in [1.54, 1.807) is 12.1 Å². The molecule has 1 aromatic carbocycles. The van der Waals surface area contributed by atoms with Gasteiger partial charge in [0.05, 0.1) is 6.61 Å². The molecule has 0 aliphatic rings. The monoisotopic (exact) mass is 448 g/mol. The van der Waals surface area contributed by atoms with Crippen molar-refractivity contribution in [1.29, 1.82) is 0 Å². The first-order chi connectivity index (χ1) is 15.6. The maximum Gasteiger partial charge on any atom is 0.303 e. The number of rotatable bonds is 22. The summed E-state index contributed by atoms with van der Waals surface area (Å²) >= 11 is 0. The van der Waals surface area contributed by atoms with Crippen LogP contribution in [0, 0.1) is 0 Å². The first-order valence-electron chi connectivity index (χ1n) is 13.3. The van der Waals surface area contributed by atoms with Gasteiger partial charge in [0.2, 0.25) is 0 Å². The molecule has 0 aliphatic heterocycles. The number of aromatic hydroxyl groups is 1. The number of ether oxygens (including phenoxy) is 1. The molecule has 2 N–H and O–H groups in total. The molecule has 0 saturated heterocycles. The molecule has 184 valence electrons. The maximum absolute atomic E-state index is 10.4. The smallest absolute Gasteiger partial charge is 0.303 e. The Labute approximate surface area is 196 Å². The summed E-state index contributed by atoms with van der Waals surface area (Å²) in [4.78, 5) is 10.4. The van der Waals surface area contributed by atoms with Crippen LogP contribution in [-0.4, -0.2) is 22.8 Å². The molecule has 0 aromatic heterocycles. The summed E-state index contributed by atoms with van der Waals surface area (Å²) in [5.74, 6) is 0.482. The second kappa shape index (κ2) is 19.9. The van der Waals surface area contributed by atoms with Crippen molar-refractivity contribution >= 4 is 5.97 Å². The Bertz CT molecular complexity index is 585. The molecular formula is C28H48O4. The predicted octanol–water partition coefficient (Wildman–Crippen LogP) is 8.44. The number of aryl methyl sites for hydroxylation is 1. The van der Waals surface area contributed by atoms with Crippen LogP contribution < -0.4 is 4.74 Å². The Hall–Kier alpha value is -1.71. The number of hydrogen-bond acceptors (Lipinski definition) is 3. The number of carbonyl (C=O) groups is 1. The lowest BCUT2D eigenvalue weighted by molar-refractivity contribution is -0.137. The van der Waals surface area contributed by atoms with Gasteiger partial charge in [0, 0.05) is 12.5 Å². The second-order valence-electron chi connectivity index (χ2n) is 9.19. The summed E-state index contributed by atoms with van der Waals surface area (Å²) in [7, 11) is 0. The summed E-state index contributed by atoms with van der Waals surface area (Å²) in [5.41, 5.74) is 1.22. The first-order valence-corrected chi connectivity index (χ1v) is 13.3. The molecule has 4 heteroatoms. The number of benzene rings is 1. The zero-order valence-electron chi connectivity index (χ0n) is 20.6. The van der Waals surface area contributed by atoms with Gasteiger partial charge in [0.15, 0.2) is 0 Å². The van der Waals surface area contributed by atoms with Crippen molar-refractivity contribution in [2.45, 2.75) is 129 Å². The van der Waals surface area contributed by atoms with Gasteiger partial charge >= 0.3 is 5.97 Å². The van der Waals surface area contributed by atoms with Gasteiger partial charge in [-0.25, -0.2) is 0 Å². The van der Waals surface area contributed by atoms with Gasteiger partial charge in [-0.15, -0.1) is 0 Å². The summed E-state index contributed by atoms with van der Waals surface area (Å²) < 4.78 is 6.00. The third kappa shape index (κ3) is 16.0. The van der Waals surface area contributed by atoms with Crippen molar-refractivity contribution in [2.24, 2.45) is 0 Å². The van der Waals surface area contributed by atoms with Gasteiger partial charge < -0.3 is 14.9 Å². The van der Waals surface area contributed by atoms with E-state index in [0.29, 0.717) is 6.42 Å². The van der Waals surface area contributed by atoms with Crippen LogP contribution in [0.2, 0.25) is 0 Å². The van der Waals surface area contributed by atoms with Crippen molar-refractivity contribution < 1.29 is 19.7 Å². The Morgan fingerprint density at radius 2 is 1.28 bits per heavy atom. The van der Waals surface area contributed by atoms with Gasteiger partial charge in [0.25, 0.3) is 0 Å². The number of carboxylic acids is 1. The molecule has 0 unspecified atom stereocenters. The van der Waals surface area contributed by atoms with E-state index in [0.717, 1.165) is 38.0 Å². The summed E-state index contributed by atoms with van der Waals surface area (Å²) in [6.07, 6.45) is 22.1. The Morgan fingerprint density at radius 3 is 1.84 bits per heavy atom. The minimum absolute atomic E-state index is 0.287. The van der Waals surface area contributed by atoms with Crippen LogP contribution in [0.4, 0.5) is 0 Å². The van der Waals surface area contributed by atoms with Crippen LogP contribution in [-0.2, 0) is 11.2 Å². The average Bonchev–Trinajstić information content (AvgIpc) is 2.77. The van der Waals surface area contributed by atoms with Gasteiger partial charge in [0.1, 0.15) is 11.5 Å². The van der Waals surface area contributed by atoms with E-state index >= 15 is 0 Å². The molecule has 0 atom stereocenters. The minimum atomic E-state index is -0.670. The molecule has 0 spiro atoms. The molecule has 0 aliphatic carbocycles. The van der Waals surface area contributed by atoms with E-state index < -0.39 is 5.97 Å². The van der Waals surface area contributed by atoms with E-state index in [9.17, 15) is 9.90 Å². The minimum Gasteiger partial charge on any atom is -0.508 e. The SMILES string of the molecule is CCCCCCc1ccc(O)cc1OCCCCCCCCCCCCCCCC(=O)O. The highest BCUT2D eigenvalue weighted by Gasteiger charge is 2.05. The second-order valence-corrected chi connectivity index (χ2v) is 9.19. The number of phenolic OH excluding ortho intramolecular Hbond substituents is 1. The average molecular weight is 449 g/mol. The van der Waals surface area contributed by atoms with Crippen LogP contribution in [0.3, 0.4) is 0 Å². The third-order valence-corrected chi connectivity index (χ3v) is 6.14. The van der Waals surface area contributed by atoms with Crippen molar-refractivity contribution in [2.75, 3.05) is 6.61 Å². The quantitative estimate of drug-likeness (QED) is 0.175. The third-order valence-electron chi connectivity index (χ3n) is 6.14. The standard InChI is InChI=1S/C28H48O4/c1-2-3-4-16-19-25-21-22-26(29)24-27(25)32-23-18-15-13-11-9-7-5-6-8-10-12-14-17-20-28(30)31/h21-22,24,29H,2-20,23H2,1H3,(H,30,31). The molecular weight excluding hydrogens is 400 g/mol. The highest BCUT2D eigenvalue weighted by Crippen LogP contribution is 2.26. The van der Waals surface area contributed by atoms with Crippen LogP contribution in [0.5, 0.6) is 11.5 Å². The van der Waals surface area contributed by atoms with Crippen LogP contribution in [0.25, 0.3) is 0 Å². The number of unbranched alkanes of at least 4 members (excludes halogenated alkanes) is 15. The summed E-state index contributed by atoms with van der Waals surface area (Å²) in [6, 6.07) is 5.55. The number of aliphatic carboxylic acids is 1. The topological polar surface area (TPSA) is 66.8 Å². The highest BCUT2D eigenvalue weighted by atomic mass is 16.5. The number of phenols is 1. The van der Waals surface area contributed by atoms with E-state index in [1.165, 1.54) is 95.5 Å². The van der Waals surface area contributed by atoms with Crippen molar-refractivity contribution in [3.63, 3.8) is 0 Å². The lowest BCUT2D eigenvalue weighted by atomic mass is 10.0. The molecule has 1 aromatic rings. The largest absolute Gasteiger partial charge is 0.508 e. The summed E-state index contributed by atoms with van der Waals surface area (Å²) in [5, 5.41) is 18.4. The van der Waals surface area contributed by atoms with Crippen molar-refractivity contribution in [1.82, 2.24) is 0 Å². The van der Waals surface area contributed by atoms with Crippen LogP contribution >= 0.6 is 0 Å². The molecule has 0 heterocycles. The lowest BCUT2D eigenvalue weighted by Gasteiger charge is -2.12. The number of carboxylic acid groups (broad SMARTS) is 1. The van der Waals surface area contributed by atoms with Gasteiger partial charge in [-0.2, -0.15) is 0 Å². The fourth-order valence-corrected chi connectivity index (χ4v) is 4.13. The Kier molecular flexibility index (Phi) is 17.6. The Morgan fingerprint density at radius 1 is 0.750 bits per heavy atom. The summed E-state index contributed by atoms with van der Waals surface area (Å²) in [6.45, 7) is 2.96. The molecule has 1 rings (SSSR count). The normalized spacial score (nSPS) is 11.0. The van der Waals surface area contributed by atoms with E-state index in [2.05, 4.69) is 6.92 Å². The van der Waals surface area contributed by atoms with Crippen LogP contribution in [0.15, 0.2) is 18.2 Å². The van der Waals surface area contributed by atoms with E-state index in [-0.39, 0.29) is 5.75 Å². The predicted molar refractivity (Wildman–Crippen MR) is 134 cm³/mol. The molecule has 32 heavy (non-hydrogen) atoms.